The second-order valence-corrected chi connectivity index (χ2v) is 8.54. The Morgan fingerprint density at radius 3 is 2.13 bits per heavy atom. The Kier molecular flexibility index (Phi) is 8.67. The van der Waals surface area contributed by atoms with Crippen molar-refractivity contribution in [2.24, 2.45) is 0 Å². The highest BCUT2D eigenvalue weighted by molar-refractivity contribution is 7.92. The summed E-state index contributed by atoms with van der Waals surface area (Å²) in [6.45, 7) is 4.44. The van der Waals surface area contributed by atoms with Gasteiger partial charge in [0.1, 0.15) is 0 Å². The number of carbonyl (C=O) groups excluding carboxylic acids is 2. The van der Waals surface area contributed by atoms with E-state index in [1.807, 2.05) is 6.92 Å². The van der Waals surface area contributed by atoms with Crippen LogP contribution >= 0.6 is 0 Å². The lowest BCUT2D eigenvalue weighted by Gasteiger charge is -2.10. The highest BCUT2D eigenvalue weighted by Crippen LogP contribution is 2.18. The fraction of sp³-hybridized carbons (Fsp3) is 0.333. The third-order valence-electron chi connectivity index (χ3n) is 4.24. The number of urea groups is 1. The summed E-state index contributed by atoms with van der Waals surface area (Å²) < 4.78 is 27.3. The van der Waals surface area contributed by atoms with Crippen molar-refractivity contribution in [2.75, 3.05) is 23.1 Å². The fourth-order valence-corrected chi connectivity index (χ4v) is 3.61. The summed E-state index contributed by atoms with van der Waals surface area (Å²) in [5.74, 6) is -0.248. The van der Waals surface area contributed by atoms with Crippen molar-refractivity contribution in [3.63, 3.8) is 0 Å². The van der Waals surface area contributed by atoms with Gasteiger partial charge in [-0.1, -0.05) is 37.5 Å². The lowest BCUT2D eigenvalue weighted by Crippen LogP contribution is -2.39. The minimum absolute atomic E-state index is 0.119. The van der Waals surface area contributed by atoms with Gasteiger partial charge in [-0.2, -0.15) is 0 Å². The van der Waals surface area contributed by atoms with Crippen LogP contribution < -0.4 is 20.7 Å². The van der Waals surface area contributed by atoms with Crippen molar-refractivity contribution >= 4 is 33.3 Å². The molecule has 8 nitrogen and oxygen atoms in total. The molecule has 0 aliphatic carbocycles. The maximum absolute atomic E-state index is 12.4. The highest BCUT2D eigenvalue weighted by atomic mass is 32.2. The summed E-state index contributed by atoms with van der Waals surface area (Å²) in [5.41, 5.74) is 1.80. The molecular formula is C21H28N4O4S. The molecule has 0 fully saturated rings. The van der Waals surface area contributed by atoms with Gasteiger partial charge in [-0.25, -0.2) is 13.2 Å². The quantitative estimate of drug-likeness (QED) is 0.431. The first kappa shape index (κ1) is 23.2. The van der Waals surface area contributed by atoms with Crippen LogP contribution in [0.25, 0.3) is 0 Å². The van der Waals surface area contributed by atoms with E-state index in [1.54, 1.807) is 36.4 Å². The monoisotopic (exact) mass is 432 g/mol. The summed E-state index contributed by atoms with van der Waals surface area (Å²) in [4.78, 5) is 23.7. The van der Waals surface area contributed by atoms with E-state index in [0.29, 0.717) is 17.9 Å². The number of hydrogen-bond donors (Lipinski definition) is 4. The Morgan fingerprint density at radius 1 is 0.867 bits per heavy atom. The number of carbonyl (C=O) groups is 2. The van der Waals surface area contributed by atoms with E-state index >= 15 is 0 Å². The second kappa shape index (κ2) is 11.2. The van der Waals surface area contributed by atoms with Crippen molar-refractivity contribution in [3.8, 4) is 0 Å². The van der Waals surface area contributed by atoms with E-state index in [4.69, 9.17) is 0 Å². The maximum Gasteiger partial charge on any atom is 0.319 e. The Balaban J connectivity index is 1.82. The Labute approximate surface area is 177 Å². The van der Waals surface area contributed by atoms with E-state index in [2.05, 4.69) is 27.6 Å². The molecule has 0 saturated carbocycles. The minimum Gasteiger partial charge on any atom is -0.355 e. The zero-order valence-electron chi connectivity index (χ0n) is 17.2. The Morgan fingerprint density at radius 2 is 1.50 bits per heavy atom. The predicted molar refractivity (Wildman–Crippen MR) is 118 cm³/mol. The average molecular weight is 433 g/mol. The molecule has 2 rings (SSSR count). The van der Waals surface area contributed by atoms with Crippen molar-refractivity contribution in [1.29, 1.82) is 0 Å². The summed E-state index contributed by atoms with van der Waals surface area (Å²) >= 11 is 0. The van der Waals surface area contributed by atoms with Crippen molar-refractivity contribution in [2.45, 2.75) is 38.0 Å². The normalized spacial score (nSPS) is 10.9. The maximum atomic E-state index is 12.4. The first-order chi connectivity index (χ1) is 14.3. The first-order valence-corrected chi connectivity index (χ1v) is 11.3. The van der Waals surface area contributed by atoms with Gasteiger partial charge in [0.2, 0.25) is 5.91 Å². The molecule has 30 heavy (non-hydrogen) atoms. The van der Waals surface area contributed by atoms with Gasteiger partial charge < -0.3 is 16.0 Å². The molecule has 0 saturated heterocycles. The van der Waals surface area contributed by atoms with Gasteiger partial charge >= 0.3 is 6.03 Å². The van der Waals surface area contributed by atoms with E-state index < -0.39 is 16.1 Å². The Bertz CT molecular complexity index is 942. The molecular weight excluding hydrogens is 404 g/mol. The number of unbranched alkanes of at least 4 members (excludes halogenated alkanes) is 2. The smallest absolute Gasteiger partial charge is 0.319 e. The zero-order valence-corrected chi connectivity index (χ0v) is 18.0. The minimum atomic E-state index is -3.69. The number of rotatable bonds is 10. The van der Waals surface area contributed by atoms with Crippen LogP contribution in [0.5, 0.6) is 0 Å². The molecule has 0 spiro atoms. The van der Waals surface area contributed by atoms with Crippen molar-refractivity contribution < 1.29 is 18.0 Å². The number of sulfonamides is 1. The number of anilines is 2. The Hall–Kier alpha value is -3.07. The molecule has 2 aromatic carbocycles. The third-order valence-corrected chi connectivity index (χ3v) is 5.64. The van der Waals surface area contributed by atoms with Crippen LogP contribution in [0.3, 0.4) is 0 Å². The molecule has 0 heterocycles. The number of benzene rings is 2. The van der Waals surface area contributed by atoms with Gasteiger partial charge in [-0.15, -0.1) is 0 Å². The van der Waals surface area contributed by atoms with E-state index in [0.717, 1.165) is 24.8 Å². The van der Waals surface area contributed by atoms with Crippen LogP contribution in [-0.4, -0.2) is 33.4 Å². The molecule has 0 aliphatic heterocycles. The predicted octanol–water partition coefficient (Wildman–Crippen LogP) is 3.22. The van der Waals surface area contributed by atoms with Crippen LogP contribution in [0.2, 0.25) is 0 Å². The van der Waals surface area contributed by atoms with E-state index in [1.165, 1.54) is 12.1 Å². The van der Waals surface area contributed by atoms with Gasteiger partial charge in [-0.05, 0) is 49.7 Å². The standard InChI is InChI=1S/C21H28N4O4S/c1-3-4-5-14-22-20(26)15-23-21(27)24-17-8-10-18(11-9-17)25-30(28,29)19-12-6-16(2)7-13-19/h6-13,25H,3-5,14-15H2,1-2H3,(H,22,26)(H2,23,24,27). The molecule has 0 unspecified atom stereocenters. The van der Waals surface area contributed by atoms with Crippen LogP contribution in [0.1, 0.15) is 31.7 Å². The van der Waals surface area contributed by atoms with Gasteiger partial charge in [0, 0.05) is 17.9 Å². The summed E-state index contributed by atoms with van der Waals surface area (Å²) in [6, 6.07) is 12.2. The number of nitrogens with one attached hydrogen (secondary N) is 4. The lowest BCUT2D eigenvalue weighted by molar-refractivity contribution is -0.120. The largest absolute Gasteiger partial charge is 0.355 e. The first-order valence-electron chi connectivity index (χ1n) is 9.81. The van der Waals surface area contributed by atoms with E-state index in [9.17, 15) is 18.0 Å². The number of hydrogen-bond acceptors (Lipinski definition) is 4. The van der Waals surface area contributed by atoms with Crippen LogP contribution in [0.4, 0.5) is 16.2 Å². The second-order valence-electron chi connectivity index (χ2n) is 6.86. The van der Waals surface area contributed by atoms with Gasteiger partial charge in [0.15, 0.2) is 0 Å². The van der Waals surface area contributed by atoms with Gasteiger partial charge in [0.05, 0.1) is 11.4 Å². The lowest BCUT2D eigenvalue weighted by atomic mass is 10.2. The highest BCUT2D eigenvalue weighted by Gasteiger charge is 2.14. The molecule has 3 amide bonds. The van der Waals surface area contributed by atoms with Crippen LogP contribution in [0.15, 0.2) is 53.4 Å². The van der Waals surface area contributed by atoms with Crippen LogP contribution in [-0.2, 0) is 14.8 Å². The molecule has 0 radical (unpaired) electrons. The third kappa shape index (κ3) is 7.75. The summed E-state index contributed by atoms with van der Waals surface area (Å²) in [6.07, 6.45) is 3.03. The van der Waals surface area contributed by atoms with Crippen LogP contribution in [0, 0.1) is 6.92 Å². The molecule has 4 N–H and O–H groups in total. The van der Waals surface area contributed by atoms with Gasteiger partial charge in [-0.3, -0.25) is 9.52 Å². The molecule has 0 atom stereocenters. The van der Waals surface area contributed by atoms with Crippen molar-refractivity contribution in [1.82, 2.24) is 10.6 Å². The number of amides is 3. The topological polar surface area (TPSA) is 116 Å². The molecule has 0 bridgehead atoms. The van der Waals surface area contributed by atoms with Crippen molar-refractivity contribution in [3.05, 3.63) is 54.1 Å². The van der Waals surface area contributed by atoms with Gasteiger partial charge in [0.25, 0.3) is 10.0 Å². The summed E-state index contributed by atoms with van der Waals surface area (Å²) in [7, 11) is -3.69. The molecule has 9 heteroatoms. The zero-order chi connectivity index (χ0) is 22.0. The molecule has 162 valence electrons. The molecule has 2 aromatic rings. The summed E-state index contributed by atoms with van der Waals surface area (Å²) in [5, 5.41) is 7.81. The SMILES string of the molecule is CCCCCNC(=O)CNC(=O)Nc1ccc(NS(=O)(=O)c2ccc(C)cc2)cc1. The van der Waals surface area contributed by atoms with E-state index in [-0.39, 0.29) is 17.3 Å². The fourth-order valence-electron chi connectivity index (χ4n) is 2.55. The average Bonchev–Trinajstić information content (AvgIpc) is 2.71. The number of aryl methyl sites for hydroxylation is 1. The molecule has 0 aromatic heterocycles. The molecule has 0 aliphatic rings.